The van der Waals surface area contributed by atoms with Gasteiger partial charge >= 0.3 is 0 Å². The molecule has 0 amide bonds. The van der Waals surface area contributed by atoms with Crippen molar-refractivity contribution in [1.29, 1.82) is 0 Å². The second kappa shape index (κ2) is 5.19. The first kappa shape index (κ1) is 11.9. The molecule has 0 bridgehead atoms. The van der Waals surface area contributed by atoms with Crippen LogP contribution in [0.1, 0.15) is 0 Å². The van der Waals surface area contributed by atoms with E-state index in [4.69, 9.17) is 4.74 Å². The molecule has 2 rings (SSSR count). The maximum atomic E-state index is 5.33. The van der Waals surface area contributed by atoms with Gasteiger partial charge < -0.3 is 9.64 Å². The zero-order valence-electron chi connectivity index (χ0n) is 9.72. The monoisotopic (exact) mass is 292 g/mol. The molecular formula is C13H13BrN2O. The second-order valence-electron chi connectivity index (χ2n) is 3.57. The van der Waals surface area contributed by atoms with Crippen LogP contribution < -0.4 is 9.64 Å². The van der Waals surface area contributed by atoms with Crippen LogP contribution in [-0.4, -0.2) is 19.1 Å². The lowest BCUT2D eigenvalue weighted by Crippen LogP contribution is -2.11. The topological polar surface area (TPSA) is 25.4 Å². The number of hydrogen-bond donors (Lipinski definition) is 0. The van der Waals surface area contributed by atoms with Crippen molar-refractivity contribution < 1.29 is 4.74 Å². The molecule has 1 heterocycles. The summed E-state index contributed by atoms with van der Waals surface area (Å²) >= 11 is 3.37. The Morgan fingerprint density at radius 3 is 2.59 bits per heavy atom. The third-order valence-corrected chi connectivity index (χ3v) is 2.97. The van der Waals surface area contributed by atoms with Crippen LogP contribution in [0.25, 0.3) is 0 Å². The molecule has 0 unspecified atom stereocenters. The van der Waals surface area contributed by atoms with Crippen molar-refractivity contribution in [2.75, 3.05) is 19.1 Å². The van der Waals surface area contributed by atoms with Crippen LogP contribution >= 0.6 is 15.9 Å². The molecule has 17 heavy (non-hydrogen) atoms. The minimum atomic E-state index is 0.833. The summed E-state index contributed by atoms with van der Waals surface area (Å²) in [7, 11) is 3.63. The lowest BCUT2D eigenvalue weighted by atomic mass is 10.2. The van der Waals surface area contributed by atoms with Crippen LogP contribution in [-0.2, 0) is 0 Å². The molecule has 0 fully saturated rings. The summed E-state index contributed by atoms with van der Waals surface area (Å²) < 4.78 is 6.30. The van der Waals surface area contributed by atoms with E-state index in [9.17, 15) is 0 Å². The van der Waals surface area contributed by atoms with Crippen molar-refractivity contribution in [3.05, 3.63) is 47.1 Å². The van der Waals surface area contributed by atoms with Gasteiger partial charge in [-0.15, -0.1) is 0 Å². The number of methoxy groups -OCH3 is 1. The molecule has 0 saturated carbocycles. The number of pyridine rings is 1. The Labute approximate surface area is 109 Å². The van der Waals surface area contributed by atoms with Crippen LogP contribution in [0.5, 0.6) is 5.75 Å². The Kier molecular flexibility index (Phi) is 3.64. The van der Waals surface area contributed by atoms with E-state index in [2.05, 4.69) is 20.9 Å². The fourth-order valence-electron chi connectivity index (χ4n) is 1.60. The number of nitrogens with zero attached hydrogens (tertiary/aromatic N) is 2. The van der Waals surface area contributed by atoms with E-state index < -0.39 is 0 Å². The van der Waals surface area contributed by atoms with Crippen LogP contribution in [0.2, 0.25) is 0 Å². The Bertz CT molecular complexity index is 499. The zero-order chi connectivity index (χ0) is 12.3. The number of rotatable bonds is 3. The highest BCUT2D eigenvalue weighted by Gasteiger charge is 2.09. The molecule has 88 valence electrons. The smallest absolute Gasteiger partial charge is 0.142 e. The van der Waals surface area contributed by atoms with Crippen molar-refractivity contribution in [3.8, 4) is 5.75 Å². The third kappa shape index (κ3) is 2.58. The molecule has 1 aromatic carbocycles. The average molecular weight is 293 g/mol. The highest BCUT2D eigenvalue weighted by molar-refractivity contribution is 9.10. The number of hydrogen-bond acceptors (Lipinski definition) is 3. The van der Waals surface area contributed by atoms with Gasteiger partial charge in [-0.25, -0.2) is 4.98 Å². The lowest BCUT2D eigenvalue weighted by Gasteiger charge is -2.20. The quantitative estimate of drug-likeness (QED) is 0.864. The average Bonchev–Trinajstić information content (AvgIpc) is 2.39. The van der Waals surface area contributed by atoms with Crippen molar-refractivity contribution in [2.45, 2.75) is 0 Å². The number of aromatic nitrogens is 1. The molecule has 0 aliphatic carbocycles. The van der Waals surface area contributed by atoms with E-state index in [1.807, 2.05) is 48.3 Å². The number of anilines is 2. The number of para-hydroxylation sites is 2. The summed E-state index contributed by atoms with van der Waals surface area (Å²) in [6.07, 6.45) is 1.78. The maximum absolute atomic E-state index is 5.33. The SMILES string of the molecule is COc1ccccc1N(C)c1ccc(Br)cn1. The van der Waals surface area contributed by atoms with Gasteiger partial charge in [0.15, 0.2) is 0 Å². The fraction of sp³-hybridized carbons (Fsp3) is 0.154. The number of ether oxygens (including phenoxy) is 1. The Balaban J connectivity index is 2.36. The summed E-state index contributed by atoms with van der Waals surface area (Å²) in [5.41, 5.74) is 0.991. The first-order chi connectivity index (χ1) is 8.22. The molecule has 0 atom stereocenters. The molecule has 0 spiro atoms. The van der Waals surface area contributed by atoms with Crippen LogP contribution in [0.4, 0.5) is 11.5 Å². The summed E-state index contributed by atoms with van der Waals surface area (Å²) in [6.45, 7) is 0. The van der Waals surface area contributed by atoms with E-state index in [-0.39, 0.29) is 0 Å². The van der Waals surface area contributed by atoms with E-state index in [1.54, 1.807) is 13.3 Å². The first-order valence-electron chi connectivity index (χ1n) is 5.20. The molecule has 2 aromatic rings. The molecular weight excluding hydrogens is 280 g/mol. The number of benzene rings is 1. The largest absolute Gasteiger partial charge is 0.495 e. The van der Waals surface area contributed by atoms with Crippen molar-refractivity contribution >= 4 is 27.4 Å². The highest BCUT2D eigenvalue weighted by atomic mass is 79.9. The van der Waals surface area contributed by atoms with Gasteiger partial charge in [0.25, 0.3) is 0 Å². The minimum Gasteiger partial charge on any atom is -0.495 e. The molecule has 4 heteroatoms. The predicted molar refractivity (Wildman–Crippen MR) is 73.0 cm³/mol. The molecule has 0 aliphatic rings. The molecule has 0 radical (unpaired) electrons. The number of halogens is 1. The molecule has 0 N–H and O–H groups in total. The summed E-state index contributed by atoms with van der Waals surface area (Å²) in [5.74, 6) is 1.71. The maximum Gasteiger partial charge on any atom is 0.142 e. The third-order valence-electron chi connectivity index (χ3n) is 2.50. The van der Waals surface area contributed by atoms with Gasteiger partial charge in [0.1, 0.15) is 11.6 Å². The minimum absolute atomic E-state index is 0.833. The molecule has 0 aliphatic heterocycles. The molecule has 0 saturated heterocycles. The molecule has 3 nitrogen and oxygen atoms in total. The van der Waals surface area contributed by atoms with Gasteiger partial charge in [0.05, 0.1) is 12.8 Å². The zero-order valence-corrected chi connectivity index (χ0v) is 11.3. The Morgan fingerprint density at radius 1 is 1.18 bits per heavy atom. The predicted octanol–water partition coefficient (Wildman–Crippen LogP) is 3.62. The Morgan fingerprint density at radius 2 is 1.94 bits per heavy atom. The lowest BCUT2D eigenvalue weighted by molar-refractivity contribution is 0.415. The summed E-state index contributed by atoms with van der Waals surface area (Å²) in [6, 6.07) is 11.8. The standard InChI is InChI=1S/C13H13BrN2O/c1-16(13-8-7-10(14)9-15-13)11-5-3-4-6-12(11)17-2/h3-9H,1-2H3. The van der Waals surface area contributed by atoms with E-state index in [1.165, 1.54) is 0 Å². The normalized spacial score (nSPS) is 10.1. The van der Waals surface area contributed by atoms with Gasteiger partial charge in [0, 0.05) is 17.7 Å². The van der Waals surface area contributed by atoms with Crippen LogP contribution in [0.15, 0.2) is 47.1 Å². The van der Waals surface area contributed by atoms with Gasteiger partial charge in [-0.2, -0.15) is 0 Å². The van der Waals surface area contributed by atoms with Crippen LogP contribution in [0, 0.1) is 0 Å². The van der Waals surface area contributed by atoms with E-state index in [0.29, 0.717) is 0 Å². The van der Waals surface area contributed by atoms with Crippen molar-refractivity contribution in [3.63, 3.8) is 0 Å². The van der Waals surface area contributed by atoms with Crippen molar-refractivity contribution in [1.82, 2.24) is 4.98 Å². The summed E-state index contributed by atoms with van der Waals surface area (Å²) in [4.78, 5) is 6.34. The highest BCUT2D eigenvalue weighted by Crippen LogP contribution is 2.31. The van der Waals surface area contributed by atoms with Crippen molar-refractivity contribution in [2.24, 2.45) is 0 Å². The van der Waals surface area contributed by atoms with E-state index >= 15 is 0 Å². The summed E-state index contributed by atoms with van der Waals surface area (Å²) in [5, 5.41) is 0. The Hall–Kier alpha value is -1.55. The first-order valence-corrected chi connectivity index (χ1v) is 6.00. The molecule has 1 aromatic heterocycles. The van der Waals surface area contributed by atoms with Gasteiger partial charge in [-0.3, -0.25) is 0 Å². The van der Waals surface area contributed by atoms with Gasteiger partial charge in [-0.1, -0.05) is 12.1 Å². The van der Waals surface area contributed by atoms with Crippen LogP contribution in [0.3, 0.4) is 0 Å². The van der Waals surface area contributed by atoms with Gasteiger partial charge in [-0.05, 0) is 40.2 Å². The van der Waals surface area contributed by atoms with Gasteiger partial charge in [0.2, 0.25) is 0 Å². The second-order valence-corrected chi connectivity index (χ2v) is 4.48. The van der Waals surface area contributed by atoms with E-state index in [0.717, 1.165) is 21.7 Å². The fourth-order valence-corrected chi connectivity index (χ4v) is 1.83.